The molecule has 0 bridgehead atoms. The van der Waals surface area contributed by atoms with E-state index in [2.05, 4.69) is 20.5 Å². The number of pyridine rings is 1. The molecule has 9 heteroatoms. The minimum atomic E-state index is -0.561. The van der Waals surface area contributed by atoms with Crippen LogP contribution in [0.3, 0.4) is 0 Å². The standard InChI is InChI=1S/C19H20ClFN6O/c1-3-26(13(2)11-22-17-8-7-14(20)12-23-17)19(28)15-5-4-6-16(21)18(15)27-24-9-10-25-27/h4-10,12-13H,3,11H2,1-2H3,(H,22,23). The number of carbonyl (C=O) groups excluding carboxylic acids is 1. The average molecular weight is 403 g/mol. The summed E-state index contributed by atoms with van der Waals surface area (Å²) in [7, 11) is 0. The molecule has 0 saturated carbocycles. The highest BCUT2D eigenvalue weighted by Gasteiger charge is 2.25. The molecule has 146 valence electrons. The van der Waals surface area contributed by atoms with Gasteiger partial charge in [-0.1, -0.05) is 17.7 Å². The third-order valence-electron chi connectivity index (χ3n) is 4.28. The van der Waals surface area contributed by atoms with Crippen molar-refractivity contribution in [1.82, 2.24) is 24.9 Å². The minimum absolute atomic E-state index is 0.0375. The SMILES string of the molecule is CCN(C(=O)c1cccc(F)c1-n1nccn1)C(C)CNc1ccc(Cl)cn1. The molecule has 3 rings (SSSR count). The van der Waals surface area contributed by atoms with Crippen molar-refractivity contribution in [3.05, 3.63) is 65.3 Å². The molecule has 1 amide bonds. The zero-order chi connectivity index (χ0) is 20.1. The molecule has 2 heterocycles. The molecule has 1 N–H and O–H groups in total. The van der Waals surface area contributed by atoms with Crippen molar-refractivity contribution in [2.45, 2.75) is 19.9 Å². The fourth-order valence-electron chi connectivity index (χ4n) is 2.88. The van der Waals surface area contributed by atoms with Gasteiger partial charge in [0.05, 0.1) is 23.0 Å². The van der Waals surface area contributed by atoms with E-state index >= 15 is 0 Å². The molecule has 0 aliphatic rings. The number of likely N-dealkylation sites (N-methyl/N-ethyl adjacent to an activating group) is 1. The van der Waals surface area contributed by atoms with Crippen molar-refractivity contribution < 1.29 is 9.18 Å². The first-order valence-electron chi connectivity index (χ1n) is 8.82. The van der Waals surface area contributed by atoms with Crippen molar-refractivity contribution >= 4 is 23.3 Å². The molecular formula is C19H20ClFN6O. The number of nitrogens with zero attached hydrogens (tertiary/aromatic N) is 5. The molecule has 2 aromatic heterocycles. The number of rotatable bonds is 7. The second-order valence-corrected chi connectivity index (χ2v) is 6.57. The van der Waals surface area contributed by atoms with Crippen molar-refractivity contribution in [2.75, 3.05) is 18.4 Å². The van der Waals surface area contributed by atoms with Crippen LogP contribution in [0.1, 0.15) is 24.2 Å². The number of halogens is 2. The average Bonchev–Trinajstić information content (AvgIpc) is 3.22. The Morgan fingerprint density at radius 1 is 1.29 bits per heavy atom. The maximum Gasteiger partial charge on any atom is 0.256 e. The van der Waals surface area contributed by atoms with Crippen LogP contribution in [0, 0.1) is 5.82 Å². The van der Waals surface area contributed by atoms with Gasteiger partial charge < -0.3 is 10.2 Å². The number of nitrogens with one attached hydrogen (secondary N) is 1. The number of para-hydroxylation sites is 1. The van der Waals surface area contributed by atoms with Crippen LogP contribution >= 0.6 is 11.6 Å². The lowest BCUT2D eigenvalue weighted by Crippen LogP contribution is -2.42. The molecule has 1 atom stereocenters. The van der Waals surface area contributed by atoms with E-state index in [0.717, 1.165) is 4.80 Å². The summed E-state index contributed by atoms with van der Waals surface area (Å²) in [6.07, 6.45) is 4.42. The van der Waals surface area contributed by atoms with Gasteiger partial charge >= 0.3 is 0 Å². The van der Waals surface area contributed by atoms with Gasteiger partial charge in [0.2, 0.25) is 0 Å². The Balaban J connectivity index is 1.80. The molecule has 0 aliphatic carbocycles. The summed E-state index contributed by atoms with van der Waals surface area (Å²) in [5, 5.41) is 11.7. The predicted octanol–water partition coefficient (Wildman–Crippen LogP) is 3.42. The molecule has 0 radical (unpaired) electrons. The van der Waals surface area contributed by atoms with E-state index in [0.29, 0.717) is 23.9 Å². The zero-order valence-electron chi connectivity index (χ0n) is 15.5. The highest BCUT2D eigenvalue weighted by molar-refractivity contribution is 6.30. The maximum absolute atomic E-state index is 14.4. The van der Waals surface area contributed by atoms with Gasteiger partial charge in [-0.2, -0.15) is 10.2 Å². The van der Waals surface area contributed by atoms with Crippen molar-refractivity contribution in [3.8, 4) is 5.69 Å². The Morgan fingerprint density at radius 3 is 2.68 bits per heavy atom. The van der Waals surface area contributed by atoms with Gasteiger partial charge in [0.25, 0.3) is 5.91 Å². The number of amides is 1. The summed E-state index contributed by atoms with van der Waals surface area (Å²) < 4.78 is 14.4. The molecular weight excluding hydrogens is 383 g/mol. The molecule has 1 aromatic carbocycles. The normalized spacial score (nSPS) is 11.9. The molecule has 0 aliphatic heterocycles. The molecule has 3 aromatic rings. The number of hydrogen-bond donors (Lipinski definition) is 1. The lowest BCUT2D eigenvalue weighted by atomic mass is 10.1. The molecule has 0 spiro atoms. The van der Waals surface area contributed by atoms with Crippen LogP contribution in [0.2, 0.25) is 5.02 Å². The first kappa shape index (κ1) is 19.8. The molecule has 7 nitrogen and oxygen atoms in total. The fraction of sp³-hybridized carbons (Fsp3) is 0.263. The van der Waals surface area contributed by atoms with Crippen molar-refractivity contribution in [2.24, 2.45) is 0 Å². The van der Waals surface area contributed by atoms with Gasteiger partial charge in [0.1, 0.15) is 11.5 Å². The maximum atomic E-state index is 14.4. The van der Waals surface area contributed by atoms with Crippen LogP contribution in [-0.2, 0) is 0 Å². The monoisotopic (exact) mass is 402 g/mol. The van der Waals surface area contributed by atoms with Crippen molar-refractivity contribution in [1.29, 1.82) is 0 Å². The fourth-order valence-corrected chi connectivity index (χ4v) is 2.99. The second-order valence-electron chi connectivity index (χ2n) is 6.14. The van der Waals surface area contributed by atoms with Crippen LogP contribution in [0.4, 0.5) is 10.2 Å². The summed E-state index contributed by atoms with van der Waals surface area (Å²) in [5.41, 5.74) is 0.241. The van der Waals surface area contributed by atoms with Crippen LogP contribution in [0.15, 0.2) is 48.9 Å². The third-order valence-corrected chi connectivity index (χ3v) is 4.50. The quantitative estimate of drug-likeness (QED) is 0.655. The molecule has 0 fully saturated rings. The summed E-state index contributed by atoms with van der Waals surface area (Å²) >= 11 is 5.84. The third kappa shape index (κ3) is 4.28. The van der Waals surface area contributed by atoms with Crippen LogP contribution in [0.5, 0.6) is 0 Å². The van der Waals surface area contributed by atoms with Gasteiger partial charge in [-0.3, -0.25) is 4.79 Å². The summed E-state index contributed by atoms with van der Waals surface area (Å²) in [5.74, 6) is -0.200. The Hall–Kier alpha value is -3.00. The molecule has 0 saturated heterocycles. The topological polar surface area (TPSA) is 75.9 Å². The summed E-state index contributed by atoms with van der Waals surface area (Å²) in [6, 6.07) is 7.69. The number of anilines is 1. The van der Waals surface area contributed by atoms with E-state index in [4.69, 9.17) is 11.6 Å². The van der Waals surface area contributed by atoms with Gasteiger partial charge in [0.15, 0.2) is 5.82 Å². The number of benzene rings is 1. The Kier molecular flexibility index (Phi) is 6.20. The number of carbonyl (C=O) groups is 1. The van der Waals surface area contributed by atoms with E-state index in [1.165, 1.54) is 24.5 Å². The summed E-state index contributed by atoms with van der Waals surface area (Å²) in [6.45, 7) is 4.71. The first-order valence-corrected chi connectivity index (χ1v) is 9.20. The lowest BCUT2D eigenvalue weighted by Gasteiger charge is -2.29. The van der Waals surface area contributed by atoms with Gasteiger partial charge in [-0.15, -0.1) is 4.80 Å². The van der Waals surface area contributed by atoms with Gasteiger partial charge in [-0.25, -0.2) is 9.37 Å². The van der Waals surface area contributed by atoms with Crippen LogP contribution in [-0.4, -0.2) is 49.9 Å². The van der Waals surface area contributed by atoms with E-state index in [1.54, 1.807) is 29.3 Å². The lowest BCUT2D eigenvalue weighted by molar-refractivity contribution is 0.0711. The highest BCUT2D eigenvalue weighted by Crippen LogP contribution is 2.20. The van der Waals surface area contributed by atoms with Gasteiger partial charge in [0, 0.05) is 25.3 Å². The van der Waals surface area contributed by atoms with Crippen LogP contribution in [0.25, 0.3) is 5.69 Å². The smallest absolute Gasteiger partial charge is 0.256 e. The predicted molar refractivity (Wildman–Crippen MR) is 105 cm³/mol. The van der Waals surface area contributed by atoms with Crippen LogP contribution < -0.4 is 5.32 Å². The highest BCUT2D eigenvalue weighted by atomic mass is 35.5. The molecule has 28 heavy (non-hydrogen) atoms. The number of aromatic nitrogens is 4. The van der Waals surface area contributed by atoms with Crippen molar-refractivity contribution in [3.63, 3.8) is 0 Å². The molecule has 1 unspecified atom stereocenters. The first-order chi connectivity index (χ1) is 13.5. The van der Waals surface area contributed by atoms with Gasteiger partial charge in [-0.05, 0) is 38.1 Å². The second kappa shape index (κ2) is 8.79. The van der Waals surface area contributed by atoms with E-state index in [1.807, 2.05) is 13.8 Å². The zero-order valence-corrected chi connectivity index (χ0v) is 16.3. The largest absolute Gasteiger partial charge is 0.368 e. The Bertz CT molecular complexity index is 932. The van der Waals surface area contributed by atoms with E-state index in [9.17, 15) is 9.18 Å². The van der Waals surface area contributed by atoms with E-state index < -0.39 is 5.82 Å². The minimum Gasteiger partial charge on any atom is -0.368 e. The summed E-state index contributed by atoms with van der Waals surface area (Å²) in [4.78, 5) is 20.1. The number of hydrogen-bond acceptors (Lipinski definition) is 5. The van der Waals surface area contributed by atoms with E-state index in [-0.39, 0.29) is 23.2 Å². The Morgan fingerprint density at radius 2 is 2.04 bits per heavy atom. The Labute approximate surface area is 167 Å².